The van der Waals surface area contributed by atoms with E-state index in [0.29, 0.717) is 5.56 Å². The molecular weight excluding hydrogens is 264 g/mol. The number of hydrogen-bond donors (Lipinski definition) is 3. The lowest BCUT2D eigenvalue weighted by molar-refractivity contribution is 0.102. The number of benzene rings is 1. The minimum Gasteiger partial charge on any atom is -0.322 e. The maximum Gasteiger partial charge on any atom is 0.259 e. The Balaban J connectivity index is 2.17. The monoisotopic (exact) mass is 286 g/mol. The Morgan fingerprint density at radius 1 is 1.38 bits per heavy atom. The summed E-state index contributed by atoms with van der Waals surface area (Å²) in [6.07, 6.45) is 2.62. The molecule has 1 unspecified atom stereocenters. The van der Waals surface area contributed by atoms with Crippen molar-refractivity contribution in [1.82, 2.24) is 15.5 Å². The normalized spacial score (nSPS) is 12.1. The number of nitrogens with zero attached hydrogens (tertiary/aromatic N) is 1. The number of amides is 1. The summed E-state index contributed by atoms with van der Waals surface area (Å²) in [5.74, 6) is -0.142. The van der Waals surface area contributed by atoms with Gasteiger partial charge in [0.15, 0.2) is 0 Å². The van der Waals surface area contributed by atoms with E-state index >= 15 is 0 Å². The molecule has 5 heteroatoms. The van der Waals surface area contributed by atoms with E-state index in [4.69, 9.17) is 0 Å². The number of carbonyl (C=O) groups is 1. The summed E-state index contributed by atoms with van der Waals surface area (Å²) in [6, 6.07) is 8.05. The van der Waals surface area contributed by atoms with E-state index in [1.807, 2.05) is 31.2 Å². The van der Waals surface area contributed by atoms with Crippen LogP contribution in [0.4, 0.5) is 5.69 Å². The summed E-state index contributed by atoms with van der Waals surface area (Å²) in [5, 5.41) is 13.1. The zero-order chi connectivity index (χ0) is 15.2. The van der Waals surface area contributed by atoms with Gasteiger partial charge in [-0.1, -0.05) is 25.1 Å². The second-order valence-electron chi connectivity index (χ2n) is 5.13. The minimum absolute atomic E-state index is 0.142. The lowest BCUT2D eigenvalue weighted by Gasteiger charge is -2.18. The third-order valence-electron chi connectivity index (χ3n) is 3.45. The molecule has 2 rings (SSSR count). The highest BCUT2D eigenvalue weighted by Crippen LogP contribution is 2.23. The number of nitrogens with one attached hydrogen (secondary N) is 3. The fraction of sp³-hybridized carbons (Fsp3) is 0.375. The van der Waals surface area contributed by atoms with Gasteiger partial charge in [0.05, 0.1) is 11.8 Å². The molecule has 0 bridgehead atoms. The van der Waals surface area contributed by atoms with Crippen LogP contribution in [0, 0.1) is 6.92 Å². The number of anilines is 1. The number of aromatic amines is 1. The first kappa shape index (κ1) is 15.3. The molecule has 0 aliphatic heterocycles. The van der Waals surface area contributed by atoms with Gasteiger partial charge in [0.25, 0.3) is 5.91 Å². The van der Waals surface area contributed by atoms with Gasteiger partial charge in [0.1, 0.15) is 0 Å². The van der Waals surface area contributed by atoms with Gasteiger partial charge >= 0.3 is 0 Å². The van der Waals surface area contributed by atoms with Gasteiger partial charge in [-0.3, -0.25) is 9.89 Å². The second kappa shape index (κ2) is 7.04. The van der Waals surface area contributed by atoms with Crippen molar-refractivity contribution in [3.05, 3.63) is 47.3 Å². The van der Waals surface area contributed by atoms with Crippen LogP contribution in [0.2, 0.25) is 0 Å². The quantitative estimate of drug-likeness (QED) is 0.764. The summed E-state index contributed by atoms with van der Waals surface area (Å²) in [5.41, 5.74) is 3.25. The molecule has 3 N–H and O–H groups in total. The number of rotatable bonds is 6. The van der Waals surface area contributed by atoms with Gasteiger partial charge in [-0.05, 0) is 38.4 Å². The van der Waals surface area contributed by atoms with E-state index in [9.17, 15) is 4.79 Å². The van der Waals surface area contributed by atoms with Gasteiger partial charge in [-0.25, -0.2) is 0 Å². The smallest absolute Gasteiger partial charge is 0.259 e. The predicted molar refractivity (Wildman–Crippen MR) is 84.4 cm³/mol. The Bertz CT molecular complexity index is 606. The third kappa shape index (κ3) is 3.70. The second-order valence-corrected chi connectivity index (χ2v) is 5.13. The zero-order valence-corrected chi connectivity index (χ0v) is 12.7. The number of hydrogen-bond acceptors (Lipinski definition) is 3. The first-order valence-corrected chi connectivity index (χ1v) is 7.27. The fourth-order valence-corrected chi connectivity index (χ4v) is 2.23. The Morgan fingerprint density at radius 3 is 2.81 bits per heavy atom. The van der Waals surface area contributed by atoms with E-state index in [0.717, 1.165) is 29.9 Å². The van der Waals surface area contributed by atoms with Crippen molar-refractivity contribution in [1.29, 1.82) is 0 Å². The molecule has 5 nitrogen and oxygen atoms in total. The standard InChI is InChI=1S/C16H22N4O/c1-4-9-17-11(2)13-7-5-6-8-15(13)19-16(21)14-10-18-20-12(14)3/h5-8,10-11,17H,4,9H2,1-3H3,(H,18,20)(H,19,21). The van der Waals surface area contributed by atoms with Crippen LogP contribution >= 0.6 is 0 Å². The number of carbonyl (C=O) groups excluding carboxylic acids is 1. The Morgan fingerprint density at radius 2 is 2.14 bits per heavy atom. The van der Waals surface area contributed by atoms with Crippen LogP contribution in [0.5, 0.6) is 0 Å². The van der Waals surface area contributed by atoms with Crippen LogP contribution < -0.4 is 10.6 Å². The van der Waals surface area contributed by atoms with E-state index in [-0.39, 0.29) is 11.9 Å². The number of H-pyrrole nitrogens is 1. The summed E-state index contributed by atoms with van der Waals surface area (Å²) in [4.78, 5) is 12.3. The van der Waals surface area contributed by atoms with Gasteiger partial charge in [0.2, 0.25) is 0 Å². The Hall–Kier alpha value is -2.14. The molecule has 1 amide bonds. The van der Waals surface area contributed by atoms with E-state index in [2.05, 4.69) is 34.7 Å². The Labute approximate surface area is 125 Å². The highest BCUT2D eigenvalue weighted by Gasteiger charge is 2.15. The van der Waals surface area contributed by atoms with Crippen LogP contribution in [0.1, 0.15) is 47.9 Å². The molecule has 2 aromatic rings. The van der Waals surface area contributed by atoms with Crippen molar-refractivity contribution in [3.63, 3.8) is 0 Å². The van der Waals surface area contributed by atoms with Crippen LogP contribution in [0.15, 0.2) is 30.5 Å². The van der Waals surface area contributed by atoms with Gasteiger partial charge in [0, 0.05) is 17.4 Å². The van der Waals surface area contributed by atoms with E-state index in [1.54, 1.807) is 6.20 Å². The molecule has 0 radical (unpaired) electrons. The van der Waals surface area contributed by atoms with E-state index in [1.165, 1.54) is 0 Å². The maximum atomic E-state index is 12.3. The molecule has 1 aromatic carbocycles. The number of aromatic nitrogens is 2. The summed E-state index contributed by atoms with van der Waals surface area (Å²) < 4.78 is 0. The minimum atomic E-state index is -0.142. The largest absolute Gasteiger partial charge is 0.322 e. The van der Waals surface area contributed by atoms with Crippen molar-refractivity contribution >= 4 is 11.6 Å². The lowest BCUT2D eigenvalue weighted by atomic mass is 10.1. The van der Waals surface area contributed by atoms with Crippen LogP contribution in [0.3, 0.4) is 0 Å². The summed E-state index contributed by atoms with van der Waals surface area (Å²) >= 11 is 0. The fourth-order valence-electron chi connectivity index (χ4n) is 2.23. The highest BCUT2D eigenvalue weighted by atomic mass is 16.1. The molecule has 1 atom stereocenters. The zero-order valence-electron chi connectivity index (χ0n) is 12.7. The van der Waals surface area contributed by atoms with Gasteiger partial charge in [-0.15, -0.1) is 0 Å². The molecule has 0 aliphatic carbocycles. The van der Waals surface area contributed by atoms with Crippen molar-refractivity contribution in [3.8, 4) is 0 Å². The van der Waals surface area contributed by atoms with Crippen LogP contribution in [0.25, 0.3) is 0 Å². The molecular formula is C16H22N4O. The first-order chi connectivity index (χ1) is 10.1. The van der Waals surface area contributed by atoms with Crippen molar-refractivity contribution in [2.24, 2.45) is 0 Å². The maximum absolute atomic E-state index is 12.3. The molecule has 112 valence electrons. The van der Waals surface area contributed by atoms with Crippen molar-refractivity contribution < 1.29 is 4.79 Å². The molecule has 0 saturated carbocycles. The lowest BCUT2D eigenvalue weighted by Crippen LogP contribution is -2.21. The molecule has 1 heterocycles. The topological polar surface area (TPSA) is 69.8 Å². The highest BCUT2D eigenvalue weighted by molar-refractivity contribution is 6.05. The van der Waals surface area contributed by atoms with E-state index < -0.39 is 0 Å². The van der Waals surface area contributed by atoms with Crippen molar-refractivity contribution in [2.45, 2.75) is 33.2 Å². The van der Waals surface area contributed by atoms with Gasteiger partial charge in [-0.2, -0.15) is 5.10 Å². The summed E-state index contributed by atoms with van der Waals surface area (Å²) in [7, 11) is 0. The number of aryl methyl sites for hydroxylation is 1. The molecule has 0 fully saturated rings. The molecule has 0 aliphatic rings. The van der Waals surface area contributed by atoms with Crippen molar-refractivity contribution in [2.75, 3.05) is 11.9 Å². The first-order valence-electron chi connectivity index (χ1n) is 7.27. The molecule has 1 aromatic heterocycles. The van der Waals surface area contributed by atoms with Crippen LogP contribution in [-0.2, 0) is 0 Å². The molecule has 0 saturated heterocycles. The average molecular weight is 286 g/mol. The SMILES string of the molecule is CCCNC(C)c1ccccc1NC(=O)c1cn[nH]c1C. The van der Waals surface area contributed by atoms with Gasteiger partial charge < -0.3 is 10.6 Å². The number of para-hydroxylation sites is 1. The summed E-state index contributed by atoms with van der Waals surface area (Å²) in [6.45, 7) is 7.02. The average Bonchev–Trinajstić information content (AvgIpc) is 2.91. The van der Waals surface area contributed by atoms with Crippen LogP contribution in [-0.4, -0.2) is 22.6 Å². The third-order valence-corrected chi connectivity index (χ3v) is 3.45. The Kier molecular flexibility index (Phi) is 5.11. The molecule has 0 spiro atoms. The molecule has 21 heavy (non-hydrogen) atoms. The predicted octanol–water partition coefficient (Wildman–Crippen LogP) is 3.03.